The lowest BCUT2D eigenvalue weighted by Gasteiger charge is -2.23. The smallest absolute Gasteiger partial charge is 0.321 e. The van der Waals surface area contributed by atoms with Crippen molar-refractivity contribution in [1.29, 1.82) is 0 Å². The number of carbonyl (C=O) groups is 1. The lowest BCUT2D eigenvalue weighted by molar-refractivity contribution is -0.139. The van der Waals surface area contributed by atoms with Crippen LogP contribution in [-0.4, -0.2) is 31.2 Å². The molecule has 142 valence electrons. The van der Waals surface area contributed by atoms with Gasteiger partial charge in [0.15, 0.2) is 0 Å². The highest BCUT2D eigenvalue weighted by Crippen LogP contribution is 2.35. The van der Waals surface area contributed by atoms with Gasteiger partial charge in [0, 0.05) is 49.0 Å². The molecule has 1 aliphatic rings. The molecular weight excluding hydrogens is 340 g/mol. The number of nitrogens with zero attached hydrogens (tertiary/aromatic N) is 3. The maximum absolute atomic E-state index is 11.8. The number of benzene rings is 1. The lowest BCUT2D eigenvalue weighted by atomic mass is 9.94. The third-order valence-electron chi connectivity index (χ3n) is 5.46. The molecule has 0 amide bonds. The van der Waals surface area contributed by atoms with Crippen LogP contribution in [0.5, 0.6) is 0 Å². The molecule has 0 saturated carbocycles. The van der Waals surface area contributed by atoms with Gasteiger partial charge in [-0.25, -0.2) is 4.98 Å². The Morgan fingerprint density at radius 2 is 2.22 bits per heavy atom. The second-order valence-corrected chi connectivity index (χ2v) is 7.92. The number of nitrogens with one attached hydrogen (secondary N) is 1. The normalized spacial score (nSPS) is 19.6. The van der Waals surface area contributed by atoms with Crippen molar-refractivity contribution in [2.24, 2.45) is 13.0 Å². The molecule has 0 unspecified atom stereocenters. The molecule has 6 heteroatoms. The van der Waals surface area contributed by atoms with Crippen LogP contribution in [0.15, 0.2) is 36.8 Å². The molecule has 0 aliphatic carbocycles. The standard InChI is InChI=1S/C21H26N4O2/c1-13(2)9-16-15-5-4-6-18-20(15)14(10-17(23-16)21(26)27)11-25(18)12-19-22-7-8-24(19)3/h4-8,11,13,16-17,23H,9-10,12H2,1-3H3,(H,26,27)/t16-,17-/m0/s1. The first-order chi connectivity index (χ1) is 12.9. The zero-order chi connectivity index (χ0) is 19.1. The summed E-state index contributed by atoms with van der Waals surface area (Å²) in [6.07, 6.45) is 7.26. The van der Waals surface area contributed by atoms with Gasteiger partial charge in [0.1, 0.15) is 11.9 Å². The van der Waals surface area contributed by atoms with Gasteiger partial charge in [-0.15, -0.1) is 0 Å². The Hall–Kier alpha value is -2.60. The van der Waals surface area contributed by atoms with Gasteiger partial charge in [-0.1, -0.05) is 26.0 Å². The monoisotopic (exact) mass is 366 g/mol. The molecule has 2 aromatic heterocycles. The number of imidazole rings is 1. The van der Waals surface area contributed by atoms with E-state index < -0.39 is 12.0 Å². The molecule has 0 saturated heterocycles. The average Bonchev–Trinajstić information content (AvgIpc) is 3.12. The zero-order valence-corrected chi connectivity index (χ0v) is 16.0. The van der Waals surface area contributed by atoms with Crippen molar-refractivity contribution in [1.82, 2.24) is 19.4 Å². The maximum Gasteiger partial charge on any atom is 0.321 e. The molecule has 2 atom stereocenters. The van der Waals surface area contributed by atoms with Gasteiger partial charge >= 0.3 is 5.97 Å². The molecule has 0 fully saturated rings. The van der Waals surface area contributed by atoms with Crippen LogP contribution in [0, 0.1) is 5.92 Å². The Bertz CT molecular complexity index is 985. The highest BCUT2D eigenvalue weighted by molar-refractivity contribution is 5.89. The Morgan fingerprint density at radius 1 is 1.41 bits per heavy atom. The van der Waals surface area contributed by atoms with Gasteiger partial charge in [-0.2, -0.15) is 0 Å². The van der Waals surface area contributed by atoms with Crippen molar-refractivity contribution in [2.45, 2.75) is 45.3 Å². The summed E-state index contributed by atoms with van der Waals surface area (Å²) in [5.41, 5.74) is 3.45. The number of aryl methyl sites for hydroxylation is 1. The van der Waals surface area contributed by atoms with Crippen molar-refractivity contribution in [3.63, 3.8) is 0 Å². The van der Waals surface area contributed by atoms with Crippen LogP contribution in [-0.2, 0) is 24.8 Å². The second-order valence-electron chi connectivity index (χ2n) is 7.92. The van der Waals surface area contributed by atoms with Crippen molar-refractivity contribution >= 4 is 16.9 Å². The highest BCUT2D eigenvalue weighted by atomic mass is 16.4. The Labute approximate surface area is 158 Å². The highest BCUT2D eigenvalue weighted by Gasteiger charge is 2.30. The van der Waals surface area contributed by atoms with E-state index in [9.17, 15) is 9.90 Å². The number of rotatable bonds is 5. The predicted molar refractivity (Wildman–Crippen MR) is 105 cm³/mol. The van der Waals surface area contributed by atoms with E-state index in [0.29, 0.717) is 18.9 Å². The number of hydrogen-bond donors (Lipinski definition) is 2. The summed E-state index contributed by atoms with van der Waals surface area (Å²) in [5.74, 6) is 0.664. The molecule has 2 N–H and O–H groups in total. The molecular formula is C21H26N4O2. The summed E-state index contributed by atoms with van der Waals surface area (Å²) in [4.78, 5) is 16.3. The average molecular weight is 366 g/mol. The molecule has 27 heavy (non-hydrogen) atoms. The van der Waals surface area contributed by atoms with E-state index >= 15 is 0 Å². The summed E-state index contributed by atoms with van der Waals surface area (Å²) >= 11 is 0. The third-order valence-corrected chi connectivity index (χ3v) is 5.46. The van der Waals surface area contributed by atoms with E-state index in [0.717, 1.165) is 23.3 Å². The minimum absolute atomic E-state index is 0.0417. The maximum atomic E-state index is 11.8. The van der Waals surface area contributed by atoms with Gasteiger partial charge in [0.25, 0.3) is 0 Å². The Balaban J connectivity index is 1.85. The fraction of sp³-hybridized carbons (Fsp3) is 0.429. The molecule has 1 aliphatic heterocycles. The number of aliphatic carboxylic acids is 1. The van der Waals surface area contributed by atoms with Crippen LogP contribution in [0.1, 0.15) is 43.3 Å². The van der Waals surface area contributed by atoms with E-state index in [4.69, 9.17) is 0 Å². The van der Waals surface area contributed by atoms with Gasteiger partial charge in [-0.05, 0) is 29.5 Å². The number of carboxylic acids is 1. The molecule has 1 aromatic carbocycles. The van der Waals surface area contributed by atoms with Gasteiger partial charge in [-0.3, -0.25) is 10.1 Å². The first-order valence-electron chi connectivity index (χ1n) is 9.49. The molecule has 6 nitrogen and oxygen atoms in total. The molecule has 0 radical (unpaired) electrons. The summed E-state index contributed by atoms with van der Waals surface area (Å²) in [5, 5.41) is 14.3. The largest absolute Gasteiger partial charge is 0.480 e. The molecule has 3 heterocycles. The lowest BCUT2D eigenvalue weighted by Crippen LogP contribution is -2.40. The molecule has 0 bridgehead atoms. The van der Waals surface area contributed by atoms with Crippen molar-refractivity contribution in [3.05, 3.63) is 53.7 Å². The summed E-state index contributed by atoms with van der Waals surface area (Å²) in [6.45, 7) is 5.02. The molecule has 4 rings (SSSR count). The van der Waals surface area contributed by atoms with Gasteiger partial charge < -0.3 is 14.2 Å². The van der Waals surface area contributed by atoms with E-state index in [1.807, 2.05) is 17.8 Å². The minimum Gasteiger partial charge on any atom is -0.480 e. The van der Waals surface area contributed by atoms with E-state index in [1.165, 1.54) is 10.9 Å². The Kier molecular flexibility index (Phi) is 4.52. The number of hydrogen-bond acceptors (Lipinski definition) is 3. The van der Waals surface area contributed by atoms with Crippen molar-refractivity contribution in [2.75, 3.05) is 0 Å². The van der Waals surface area contributed by atoms with Crippen LogP contribution in [0.4, 0.5) is 0 Å². The first-order valence-corrected chi connectivity index (χ1v) is 9.49. The first kappa shape index (κ1) is 17.8. The predicted octanol–water partition coefficient (Wildman–Crippen LogP) is 3.11. The second kappa shape index (κ2) is 6.85. The minimum atomic E-state index is -0.790. The third kappa shape index (κ3) is 3.25. The van der Waals surface area contributed by atoms with Crippen LogP contribution in [0.2, 0.25) is 0 Å². The molecule has 3 aromatic rings. The fourth-order valence-corrected chi connectivity index (χ4v) is 4.18. The summed E-state index contributed by atoms with van der Waals surface area (Å²) < 4.78 is 4.22. The topological polar surface area (TPSA) is 72.1 Å². The van der Waals surface area contributed by atoms with Crippen LogP contribution in [0.3, 0.4) is 0 Å². The summed E-state index contributed by atoms with van der Waals surface area (Å²) in [6, 6.07) is 5.81. The molecule has 0 spiro atoms. The van der Waals surface area contributed by atoms with Crippen LogP contribution < -0.4 is 5.32 Å². The van der Waals surface area contributed by atoms with E-state index in [2.05, 4.69) is 53.1 Å². The Morgan fingerprint density at radius 3 is 2.89 bits per heavy atom. The summed E-state index contributed by atoms with van der Waals surface area (Å²) in [7, 11) is 1.99. The number of carboxylic acid groups (broad SMARTS) is 1. The van der Waals surface area contributed by atoms with Crippen molar-refractivity contribution in [3.8, 4) is 0 Å². The fourth-order valence-electron chi connectivity index (χ4n) is 4.18. The zero-order valence-electron chi connectivity index (χ0n) is 16.0. The van der Waals surface area contributed by atoms with E-state index in [-0.39, 0.29) is 6.04 Å². The van der Waals surface area contributed by atoms with Crippen LogP contribution >= 0.6 is 0 Å². The van der Waals surface area contributed by atoms with Crippen LogP contribution in [0.25, 0.3) is 10.9 Å². The SMILES string of the molecule is CC(C)C[C@@H]1N[C@H](C(=O)O)Cc2cn(Cc3nccn3C)c3cccc1c23. The van der Waals surface area contributed by atoms with Gasteiger partial charge in [0.2, 0.25) is 0 Å². The van der Waals surface area contributed by atoms with Gasteiger partial charge in [0.05, 0.1) is 6.54 Å². The quantitative estimate of drug-likeness (QED) is 0.728. The van der Waals surface area contributed by atoms with Crippen molar-refractivity contribution < 1.29 is 9.90 Å². The number of aromatic nitrogens is 3. The van der Waals surface area contributed by atoms with E-state index in [1.54, 1.807) is 6.20 Å².